The Kier molecular flexibility index (Phi) is 3.72. The maximum Gasteiger partial charge on any atom is 0.139 e. The van der Waals surface area contributed by atoms with Crippen LogP contribution in [0.4, 0.5) is 0 Å². The molecule has 3 heteroatoms. The lowest BCUT2D eigenvalue weighted by Gasteiger charge is -2.06. The average Bonchev–Trinajstić information content (AvgIpc) is 2.79. The third-order valence-corrected chi connectivity index (χ3v) is 2.55. The number of aliphatic hydroxyl groups is 1. The SMILES string of the molecule is OCCCCn1ccnc1-c1ccccc1. The van der Waals surface area contributed by atoms with Crippen LogP contribution < -0.4 is 0 Å². The van der Waals surface area contributed by atoms with Gasteiger partial charge in [-0.1, -0.05) is 30.3 Å². The first-order valence-corrected chi connectivity index (χ1v) is 5.59. The largest absolute Gasteiger partial charge is 0.396 e. The van der Waals surface area contributed by atoms with Crippen molar-refractivity contribution >= 4 is 0 Å². The summed E-state index contributed by atoms with van der Waals surface area (Å²) >= 11 is 0. The molecule has 0 saturated carbocycles. The molecular weight excluding hydrogens is 200 g/mol. The second kappa shape index (κ2) is 5.47. The van der Waals surface area contributed by atoms with Crippen molar-refractivity contribution in [3.8, 4) is 11.4 Å². The van der Waals surface area contributed by atoms with Crippen LogP contribution in [0.15, 0.2) is 42.7 Å². The summed E-state index contributed by atoms with van der Waals surface area (Å²) in [7, 11) is 0. The molecule has 3 nitrogen and oxygen atoms in total. The third-order valence-electron chi connectivity index (χ3n) is 2.55. The topological polar surface area (TPSA) is 38.0 Å². The number of nitrogens with zero attached hydrogens (tertiary/aromatic N) is 2. The van der Waals surface area contributed by atoms with Crippen LogP contribution in [-0.4, -0.2) is 21.3 Å². The molecule has 1 heterocycles. The van der Waals surface area contributed by atoms with Crippen LogP contribution in [0.3, 0.4) is 0 Å². The van der Waals surface area contributed by atoms with Crippen LogP contribution >= 0.6 is 0 Å². The van der Waals surface area contributed by atoms with E-state index in [4.69, 9.17) is 5.11 Å². The number of aromatic nitrogens is 2. The summed E-state index contributed by atoms with van der Waals surface area (Å²) in [6, 6.07) is 10.2. The Bertz CT molecular complexity index is 423. The highest BCUT2D eigenvalue weighted by Gasteiger charge is 2.04. The van der Waals surface area contributed by atoms with Crippen molar-refractivity contribution in [2.24, 2.45) is 0 Å². The maximum absolute atomic E-state index is 8.76. The van der Waals surface area contributed by atoms with Crippen molar-refractivity contribution in [3.63, 3.8) is 0 Å². The smallest absolute Gasteiger partial charge is 0.139 e. The van der Waals surface area contributed by atoms with Gasteiger partial charge in [-0.05, 0) is 12.8 Å². The second-order valence-electron chi connectivity index (χ2n) is 3.74. The van der Waals surface area contributed by atoms with Gasteiger partial charge in [0.25, 0.3) is 0 Å². The van der Waals surface area contributed by atoms with E-state index < -0.39 is 0 Å². The van der Waals surface area contributed by atoms with Crippen molar-refractivity contribution in [2.45, 2.75) is 19.4 Å². The second-order valence-corrected chi connectivity index (χ2v) is 3.74. The fraction of sp³-hybridized carbons (Fsp3) is 0.308. The Morgan fingerprint density at radius 3 is 2.69 bits per heavy atom. The zero-order valence-corrected chi connectivity index (χ0v) is 9.21. The number of imidazole rings is 1. The van der Waals surface area contributed by atoms with Gasteiger partial charge in [-0.25, -0.2) is 4.98 Å². The lowest BCUT2D eigenvalue weighted by molar-refractivity contribution is 0.281. The van der Waals surface area contributed by atoms with Gasteiger partial charge in [-0.15, -0.1) is 0 Å². The molecule has 0 spiro atoms. The lowest BCUT2D eigenvalue weighted by atomic mass is 10.2. The Hall–Kier alpha value is -1.61. The molecule has 1 N–H and O–H groups in total. The lowest BCUT2D eigenvalue weighted by Crippen LogP contribution is -2.00. The highest BCUT2D eigenvalue weighted by molar-refractivity contribution is 5.54. The molecule has 2 aromatic rings. The van der Waals surface area contributed by atoms with E-state index in [-0.39, 0.29) is 6.61 Å². The van der Waals surface area contributed by atoms with Crippen LogP contribution in [-0.2, 0) is 6.54 Å². The summed E-state index contributed by atoms with van der Waals surface area (Å²) in [5.41, 5.74) is 1.14. The molecule has 0 aliphatic rings. The van der Waals surface area contributed by atoms with E-state index in [1.807, 2.05) is 30.6 Å². The van der Waals surface area contributed by atoms with Crippen LogP contribution in [0.25, 0.3) is 11.4 Å². The third kappa shape index (κ3) is 2.49. The van der Waals surface area contributed by atoms with Gasteiger partial charge in [-0.3, -0.25) is 0 Å². The molecule has 16 heavy (non-hydrogen) atoms. The number of benzene rings is 1. The maximum atomic E-state index is 8.76. The van der Waals surface area contributed by atoms with Crippen LogP contribution in [0.2, 0.25) is 0 Å². The molecule has 2 rings (SSSR count). The number of unbranched alkanes of at least 4 members (excludes halogenated alkanes) is 1. The molecule has 1 aromatic carbocycles. The first-order chi connectivity index (χ1) is 7.92. The molecule has 0 unspecified atom stereocenters. The number of hydrogen-bond acceptors (Lipinski definition) is 2. The Morgan fingerprint density at radius 1 is 1.12 bits per heavy atom. The van der Waals surface area contributed by atoms with Gasteiger partial charge in [0.2, 0.25) is 0 Å². The van der Waals surface area contributed by atoms with Crippen LogP contribution in [0, 0.1) is 0 Å². The van der Waals surface area contributed by atoms with Crippen molar-refractivity contribution in [3.05, 3.63) is 42.7 Å². The van der Waals surface area contributed by atoms with E-state index in [1.54, 1.807) is 0 Å². The Morgan fingerprint density at radius 2 is 1.94 bits per heavy atom. The standard InChI is InChI=1S/C13H16N2O/c16-11-5-4-9-15-10-8-14-13(15)12-6-2-1-3-7-12/h1-3,6-8,10,16H,4-5,9,11H2. The van der Waals surface area contributed by atoms with Gasteiger partial charge in [-0.2, -0.15) is 0 Å². The molecule has 0 aliphatic heterocycles. The predicted octanol–water partition coefficient (Wildman–Crippen LogP) is 2.32. The van der Waals surface area contributed by atoms with E-state index in [9.17, 15) is 0 Å². The van der Waals surface area contributed by atoms with E-state index in [2.05, 4.69) is 21.7 Å². The van der Waals surface area contributed by atoms with Gasteiger partial charge < -0.3 is 9.67 Å². The zero-order chi connectivity index (χ0) is 11.2. The number of rotatable bonds is 5. The number of aryl methyl sites for hydroxylation is 1. The highest BCUT2D eigenvalue weighted by Crippen LogP contribution is 2.17. The molecule has 0 bridgehead atoms. The van der Waals surface area contributed by atoms with Gasteiger partial charge in [0.15, 0.2) is 0 Å². The van der Waals surface area contributed by atoms with Crippen molar-refractivity contribution in [1.82, 2.24) is 9.55 Å². The predicted molar refractivity (Wildman–Crippen MR) is 64.0 cm³/mol. The molecular formula is C13H16N2O. The van der Waals surface area contributed by atoms with Gasteiger partial charge in [0, 0.05) is 31.1 Å². The van der Waals surface area contributed by atoms with E-state index in [0.29, 0.717) is 0 Å². The summed E-state index contributed by atoms with van der Waals surface area (Å²) in [6.45, 7) is 1.17. The highest BCUT2D eigenvalue weighted by atomic mass is 16.2. The van der Waals surface area contributed by atoms with Crippen molar-refractivity contribution in [2.75, 3.05) is 6.61 Å². The summed E-state index contributed by atoms with van der Waals surface area (Å²) in [4.78, 5) is 4.37. The van der Waals surface area contributed by atoms with Crippen molar-refractivity contribution < 1.29 is 5.11 Å². The van der Waals surface area contributed by atoms with Gasteiger partial charge in [0.1, 0.15) is 5.82 Å². The van der Waals surface area contributed by atoms with Gasteiger partial charge >= 0.3 is 0 Å². The minimum absolute atomic E-state index is 0.259. The van der Waals surface area contributed by atoms with E-state index >= 15 is 0 Å². The minimum atomic E-state index is 0.259. The minimum Gasteiger partial charge on any atom is -0.396 e. The molecule has 0 saturated heterocycles. The Labute approximate surface area is 95.4 Å². The summed E-state index contributed by atoms with van der Waals surface area (Å²) in [5.74, 6) is 0.999. The summed E-state index contributed by atoms with van der Waals surface area (Å²) in [6.07, 6.45) is 5.63. The number of hydrogen-bond donors (Lipinski definition) is 1. The first-order valence-electron chi connectivity index (χ1n) is 5.59. The van der Waals surface area contributed by atoms with E-state index in [0.717, 1.165) is 30.8 Å². The first kappa shape index (κ1) is 10.9. The molecule has 1 aromatic heterocycles. The molecule has 0 aliphatic carbocycles. The quantitative estimate of drug-likeness (QED) is 0.779. The molecule has 0 fully saturated rings. The molecule has 84 valence electrons. The zero-order valence-electron chi connectivity index (χ0n) is 9.21. The summed E-state index contributed by atoms with van der Waals surface area (Å²) < 4.78 is 2.13. The fourth-order valence-corrected chi connectivity index (χ4v) is 1.73. The monoisotopic (exact) mass is 216 g/mol. The van der Waals surface area contributed by atoms with E-state index in [1.165, 1.54) is 0 Å². The fourth-order valence-electron chi connectivity index (χ4n) is 1.73. The van der Waals surface area contributed by atoms with Gasteiger partial charge in [0.05, 0.1) is 0 Å². The molecule has 0 atom stereocenters. The van der Waals surface area contributed by atoms with Crippen LogP contribution in [0.1, 0.15) is 12.8 Å². The normalized spacial score (nSPS) is 10.6. The summed E-state index contributed by atoms with van der Waals surface area (Å²) in [5, 5.41) is 8.76. The Balaban J connectivity index is 2.13. The van der Waals surface area contributed by atoms with Crippen molar-refractivity contribution in [1.29, 1.82) is 0 Å². The molecule has 0 radical (unpaired) electrons. The van der Waals surface area contributed by atoms with Crippen LogP contribution in [0.5, 0.6) is 0 Å². The average molecular weight is 216 g/mol. The molecule has 0 amide bonds. The number of aliphatic hydroxyl groups excluding tert-OH is 1.